The lowest BCUT2D eigenvalue weighted by molar-refractivity contribution is -0.130. The fraction of sp³-hybridized carbons (Fsp3) is 0.667. The van der Waals surface area contributed by atoms with Crippen LogP contribution in [0.15, 0.2) is 10.7 Å². The van der Waals surface area contributed by atoms with Crippen LogP contribution in [-0.2, 0) is 16.0 Å². The second kappa shape index (κ2) is 8.07. The first-order valence-corrected chi connectivity index (χ1v) is 10.4. The summed E-state index contributed by atoms with van der Waals surface area (Å²) in [4.78, 5) is 19.5. The molecule has 2 saturated heterocycles. The van der Waals surface area contributed by atoms with E-state index in [1.54, 1.807) is 0 Å². The van der Waals surface area contributed by atoms with Crippen molar-refractivity contribution in [3.05, 3.63) is 34.7 Å². The van der Waals surface area contributed by atoms with E-state index in [0.29, 0.717) is 24.8 Å². The molecule has 152 valence electrons. The van der Waals surface area contributed by atoms with Crippen molar-refractivity contribution in [3.8, 4) is 0 Å². The Morgan fingerprint density at radius 2 is 2.00 bits per heavy atom. The number of hydrogen-bond acceptors (Lipinski definition) is 5. The number of imidazole rings is 1. The highest BCUT2D eigenvalue weighted by Crippen LogP contribution is 2.32. The first-order chi connectivity index (χ1) is 13.5. The molecule has 1 atom stereocenters. The van der Waals surface area contributed by atoms with E-state index in [-0.39, 0.29) is 5.91 Å². The van der Waals surface area contributed by atoms with Crippen LogP contribution in [0, 0.1) is 20.8 Å². The predicted molar refractivity (Wildman–Crippen MR) is 104 cm³/mol. The molecule has 2 aromatic heterocycles. The molecule has 0 radical (unpaired) electrons. The van der Waals surface area contributed by atoms with Crippen LogP contribution >= 0.6 is 0 Å². The number of likely N-dealkylation sites (tertiary alicyclic amines) is 1. The minimum Gasteiger partial charge on any atom is -0.381 e. The molecule has 0 aliphatic carbocycles. The molecule has 1 amide bonds. The summed E-state index contributed by atoms with van der Waals surface area (Å²) in [5, 5.41) is 3.98. The maximum atomic E-state index is 12.8. The Hall–Kier alpha value is -2.15. The topological polar surface area (TPSA) is 73.4 Å². The molecule has 0 bridgehead atoms. The molecular formula is C21H30N4O3. The van der Waals surface area contributed by atoms with Gasteiger partial charge in [-0.2, -0.15) is 0 Å². The van der Waals surface area contributed by atoms with Gasteiger partial charge in [0, 0.05) is 56.1 Å². The fourth-order valence-corrected chi connectivity index (χ4v) is 4.63. The van der Waals surface area contributed by atoms with E-state index in [2.05, 4.69) is 16.6 Å². The van der Waals surface area contributed by atoms with Crippen molar-refractivity contribution < 1.29 is 14.1 Å². The zero-order valence-electron chi connectivity index (χ0n) is 17.1. The average Bonchev–Trinajstić information content (AvgIpc) is 3.40. The maximum absolute atomic E-state index is 12.8. The number of carbonyl (C=O) groups excluding carboxylic acids is 1. The lowest BCUT2D eigenvalue weighted by Gasteiger charge is -2.26. The van der Waals surface area contributed by atoms with Gasteiger partial charge in [0.2, 0.25) is 5.91 Å². The standard InChI is InChI=1S/C21H30N4O3/c1-14-12-22-21(17-7-10-27-11-8-17)25(14)18-6-9-24(13-18)20(26)5-4-19-15(2)23-28-16(19)3/h12,17-18H,4-11,13H2,1-3H3. The zero-order chi connectivity index (χ0) is 19.7. The summed E-state index contributed by atoms with van der Waals surface area (Å²) in [5.74, 6) is 2.68. The summed E-state index contributed by atoms with van der Waals surface area (Å²) < 4.78 is 13.1. The normalized spacial score (nSPS) is 20.8. The van der Waals surface area contributed by atoms with Gasteiger partial charge >= 0.3 is 0 Å². The van der Waals surface area contributed by atoms with Crippen LogP contribution in [0.1, 0.15) is 66.2 Å². The number of aromatic nitrogens is 3. The van der Waals surface area contributed by atoms with Gasteiger partial charge in [-0.3, -0.25) is 4.79 Å². The molecule has 2 aromatic rings. The highest BCUT2D eigenvalue weighted by molar-refractivity contribution is 5.76. The van der Waals surface area contributed by atoms with E-state index >= 15 is 0 Å². The Morgan fingerprint density at radius 1 is 1.21 bits per heavy atom. The molecule has 2 aliphatic heterocycles. The number of carbonyl (C=O) groups is 1. The molecule has 7 heteroatoms. The van der Waals surface area contributed by atoms with Gasteiger partial charge in [-0.15, -0.1) is 0 Å². The van der Waals surface area contributed by atoms with E-state index in [1.165, 1.54) is 11.5 Å². The molecule has 0 aromatic carbocycles. The van der Waals surface area contributed by atoms with E-state index in [9.17, 15) is 4.79 Å². The van der Waals surface area contributed by atoms with Gasteiger partial charge in [-0.25, -0.2) is 4.98 Å². The van der Waals surface area contributed by atoms with Gasteiger partial charge in [0.25, 0.3) is 0 Å². The van der Waals surface area contributed by atoms with Crippen LogP contribution in [-0.4, -0.2) is 51.8 Å². The molecule has 28 heavy (non-hydrogen) atoms. The number of amides is 1. The Morgan fingerprint density at radius 3 is 2.71 bits per heavy atom. The first kappa shape index (κ1) is 19.2. The highest BCUT2D eigenvalue weighted by Gasteiger charge is 2.31. The van der Waals surface area contributed by atoms with Crippen molar-refractivity contribution >= 4 is 5.91 Å². The van der Waals surface area contributed by atoms with Crippen LogP contribution < -0.4 is 0 Å². The third-order valence-electron chi connectivity index (χ3n) is 6.25. The van der Waals surface area contributed by atoms with Crippen LogP contribution in [0.3, 0.4) is 0 Å². The van der Waals surface area contributed by atoms with E-state index in [0.717, 1.165) is 62.6 Å². The Kier molecular flexibility index (Phi) is 5.53. The molecule has 2 fully saturated rings. The third-order valence-corrected chi connectivity index (χ3v) is 6.25. The van der Waals surface area contributed by atoms with E-state index < -0.39 is 0 Å². The van der Waals surface area contributed by atoms with Gasteiger partial charge in [0.1, 0.15) is 11.6 Å². The maximum Gasteiger partial charge on any atom is 0.222 e. The SMILES string of the molecule is Cc1noc(C)c1CCC(=O)N1CCC(n2c(C)cnc2C2CCOCC2)C1. The zero-order valence-corrected chi connectivity index (χ0v) is 17.1. The number of ether oxygens (including phenoxy) is 1. The summed E-state index contributed by atoms with van der Waals surface area (Å²) in [6.07, 6.45) is 6.23. The first-order valence-electron chi connectivity index (χ1n) is 10.4. The molecule has 0 saturated carbocycles. The van der Waals surface area contributed by atoms with E-state index in [4.69, 9.17) is 14.2 Å². The van der Waals surface area contributed by atoms with Crippen LogP contribution in [0.2, 0.25) is 0 Å². The van der Waals surface area contributed by atoms with Gasteiger partial charge in [-0.05, 0) is 46.5 Å². The molecule has 4 heterocycles. The van der Waals surface area contributed by atoms with Crippen molar-refractivity contribution in [2.75, 3.05) is 26.3 Å². The molecule has 4 rings (SSSR count). The molecule has 7 nitrogen and oxygen atoms in total. The Labute approximate surface area is 166 Å². The minimum atomic E-state index is 0.216. The van der Waals surface area contributed by atoms with Crippen LogP contribution in [0.5, 0.6) is 0 Å². The van der Waals surface area contributed by atoms with Crippen LogP contribution in [0.4, 0.5) is 0 Å². The largest absolute Gasteiger partial charge is 0.381 e. The Balaban J connectivity index is 1.40. The molecule has 1 unspecified atom stereocenters. The van der Waals surface area contributed by atoms with Crippen molar-refractivity contribution in [2.24, 2.45) is 0 Å². The second-order valence-electron chi connectivity index (χ2n) is 8.10. The smallest absolute Gasteiger partial charge is 0.222 e. The highest BCUT2D eigenvalue weighted by atomic mass is 16.5. The van der Waals surface area contributed by atoms with Crippen molar-refractivity contribution in [2.45, 2.75) is 64.8 Å². The van der Waals surface area contributed by atoms with Crippen LogP contribution in [0.25, 0.3) is 0 Å². The number of hydrogen-bond donors (Lipinski definition) is 0. The predicted octanol–water partition coefficient (Wildman–Crippen LogP) is 3.10. The quantitative estimate of drug-likeness (QED) is 0.789. The lowest BCUT2D eigenvalue weighted by atomic mass is 9.99. The van der Waals surface area contributed by atoms with Gasteiger partial charge in [0.05, 0.1) is 11.7 Å². The minimum absolute atomic E-state index is 0.216. The third kappa shape index (κ3) is 3.72. The van der Waals surface area contributed by atoms with Gasteiger partial charge < -0.3 is 18.7 Å². The number of rotatable bonds is 5. The molecule has 0 spiro atoms. The Bertz CT molecular complexity index is 815. The summed E-state index contributed by atoms with van der Waals surface area (Å²) in [6.45, 7) is 9.18. The van der Waals surface area contributed by atoms with E-state index in [1.807, 2.05) is 24.9 Å². The molecular weight excluding hydrogens is 356 g/mol. The summed E-state index contributed by atoms with van der Waals surface area (Å²) in [5.41, 5.74) is 3.15. The van der Waals surface area contributed by atoms with Crippen molar-refractivity contribution in [1.29, 1.82) is 0 Å². The molecule has 0 N–H and O–H groups in total. The lowest BCUT2D eigenvalue weighted by Crippen LogP contribution is -2.30. The fourth-order valence-electron chi connectivity index (χ4n) is 4.63. The van der Waals surface area contributed by atoms with Gasteiger partial charge in [-0.1, -0.05) is 5.16 Å². The summed E-state index contributed by atoms with van der Waals surface area (Å²) in [6, 6.07) is 0.323. The number of nitrogens with zero attached hydrogens (tertiary/aromatic N) is 4. The summed E-state index contributed by atoms with van der Waals surface area (Å²) >= 11 is 0. The second-order valence-corrected chi connectivity index (χ2v) is 8.10. The number of aryl methyl sites for hydroxylation is 3. The molecule has 2 aliphatic rings. The van der Waals surface area contributed by atoms with Crippen molar-refractivity contribution in [3.63, 3.8) is 0 Å². The monoisotopic (exact) mass is 386 g/mol. The van der Waals surface area contributed by atoms with Gasteiger partial charge in [0.15, 0.2) is 0 Å². The van der Waals surface area contributed by atoms with Crippen molar-refractivity contribution in [1.82, 2.24) is 19.6 Å². The average molecular weight is 386 g/mol. The summed E-state index contributed by atoms with van der Waals surface area (Å²) in [7, 11) is 0.